The maximum atomic E-state index is 8.78. The third-order valence-corrected chi connectivity index (χ3v) is 2.47. The van der Waals surface area contributed by atoms with Crippen LogP contribution in [0.5, 0.6) is 0 Å². The monoisotopic (exact) mass is 211 g/mol. The average Bonchev–Trinajstić information content (AvgIpc) is 2.71. The molecule has 1 aromatic rings. The fraction of sp³-hybridized carbons (Fsp3) is 0.818. The molecule has 0 saturated carbocycles. The second-order valence-electron chi connectivity index (χ2n) is 3.85. The van der Waals surface area contributed by atoms with Crippen LogP contribution in [0.25, 0.3) is 0 Å². The fourth-order valence-electron chi connectivity index (χ4n) is 1.57. The van der Waals surface area contributed by atoms with Crippen LogP contribution in [0.15, 0.2) is 6.33 Å². The first kappa shape index (κ1) is 12.2. The molecule has 1 N–H and O–H groups in total. The summed E-state index contributed by atoms with van der Waals surface area (Å²) in [4.78, 5) is 3.96. The summed E-state index contributed by atoms with van der Waals surface area (Å²) in [5.74, 6) is 0.515. The molecule has 86 valence electrons. The van der Waals surface area contributed by atoms with Gasteiger partial charge in [0, 0.05) is 6.54 Å². The van der Waals surface area contributed by atoms with Crippen molar-refractivity contribution < 1.29 is 5.11 Å². The van der Waals surface area contributed by atoms with Gasteiger partial charge >= 0.3 is 0 Å². The molecule has 0 aromatic carbocycles. The van der Waals surface area contributed by atoms with E-state index in [4.69, 9.17) is 5.11 Å². The molecule has 0 fully saturated rings. The Morgan fingerprint density at radius 2 is 1.93 bits per heavy atom. The van der Waals surface area contributed by atoms with Crippen molar-refractivity contribution in [2.24, 2.45) is 0 Å². The standard InChI is InChI=1S/C11H21N3O/c1-2-3-4-5-6-7-8-14-10-12-11(9-15)13-14/h10,15H,2-9H2,1H3. The van der Waals surface area contributed by atoms with Crippen LogP contribution in [0.2, 0.25) is 0 Å². The summed E-state index contributed by atoms with van der Waals surface area (Å²) in [7, 11) is 0. The highest BCUT2D eigenvalue weighted by Gasteiger charge is 1.98. The molecule has 0 radical (unpaired) electrons. The molecule has 4 nitrogen and oxygen atoms in total. The van der Waals surface area contributed by atoms with Crippen molar-refractivity contribution in [2.45, 2.75) is 58.6 Å². The summed E-state index contributed by atoms with van der Waals surface area (Å²) in [6.07, 6.45) is 9.40. The molecule has 0 aliphatic carbocycles. The number of hydrogen-bond acceptors (Lipinski definition) is 3. The number of nitrogens with zero attached hydrogens (tertiary/aromatic N) is 3. The van der Waals surface area contributed by atoms with Crippen LogP contribution in [0.1, 0.15) is 51.3 Å². The topological polar surface area (TPSA) is 50.9 Å². The molecule has 0 atom stereocenters. The van der Waals surface area contributed by atoms with Crippen LogP contribution in [-0.2, 0) is 13.2 Å². The number of unbranched alkanes of at least 4 members (excludes halogenated alkanes) is 5. The zero-order valence-electron chi connectivity index (χ0n) is 9.52. The normalized spacial score (nSPS) is 10.8. The lowest BCUT2D eigenvalue weighted by Crippen LogP contribution is -1.99. The van der Waals surface area contributed by atoms with E-state index >= 15 is 0 Å². The molecule has 0 amide bonds. The summed E-state index contributed by atoms with van der Waals surface area (Å²) in [6, 6.07) is 0. The third kappa shape index (κ3) is 4.93. The van der Waals surface area contributed by atoms with Gasteiger partial charge in [0.2, 0.25) is 0 Å². The maximum Gasteiger partial charge on any atom is 0.175 e. The van der Waals surface area contributed by atoms with E-state index in [0.717, 1.165) is 13.0 Å². The van der Waals surface area contributed by atoms with Gasteiger partial charge in [-0.1, -0.05) is 39.0 Å². The first-order valence-corrected chi connectivity index (χ1v) is 5.86. The van der Waals surface area contributed by atoms with Gasteiger partial charge < -0.3 is 5.11 Å². The van der Waals surface area contributed by atoms with E-state index in [1.165, 1.54) is 32.1 Å². The Morgan fingerprint density at radius 1 is 1.20 bits per heavy atom. The minimum atomic E-state index is -0.0660. The van der Waals surface area contributed by atoms with Crippen LogP contribution >= 0.6 is 0 Å². The van der Waals surface area contributed by atoms with Gasteiger partial charge in [-0.3, -0.25) is 4.68 Å². The maximum absolute atomic E-state index is 8.78. The van der Waals surface area contributed by atoms with Crippen molar-refractivity contribution in [2.75, 3.05) is 0 Å². The Hall–Kier alpha value is -0.900. The van der Waals surface area contributed by atoms with Crippen molar-refractivity contribution in [1.82, 2.24) is 14.8 Å². The van der Waals surface area contributed by atoms with Crippen LogP contribution < -0.4 is 0 Å². The fourth-order valence-corrected chi connectivity index (χ4v) is 1.57. The molecule has 4 heteroatoms. The van der Waals surface area contributed by atoms with E-state index in [-0.39, 0.29) is 6.61 Å². The van der Waals surface area contributed by atoms with Gasteiger partial charge in [0.05, 0.1) is 0 Å². The molecule has 1 rings (SSSR count). The lowest BCUT2D eigenvalue weighted by Gasteiger charge is -2.00. The van der Waals surface area contributed by atoms with Gasteiger partial charge in [-0.15, -0.1) is 0 Å². The predicted molar refractivity (Wildman–Crippen MR) is 59.3 cm³/mol. The molecule has 15 heavy (non-hydrogen) atoms. The van der Waals surface area contributed by atoms with Gasteiger partial charge in [-0.05, 0) is 6.42 Å². The first-order valence-electron chi connectivity index (χ1n) is 5.86. The summed E-state index contributed by atoms with van der Waals surface area (Å²) in [6.45, 7) is 3.08. The second-order valence-corrected chi connectivity index (χ2v) is 3.85. The Bertz CT molecular complexity index is 260. The predicted octanol–water partition coefficient (Wildman–Crippen LogP) is 2.13. The molecule has 0 aliphatic rings. The van der Waals surface area contributed by atoms with Gasteiger partial charge in [0.1, 0.15) is 12.9 Å². The smallest absolute Gasteiger partial charge is 0.175 e. The summed E-state index contributed by atoms with van der Waals surface area (Å²) >= 11 is 0. The Kier molecular flexibility index (Phi) is 6.00. The zero-order valence-corrected chi connectivity index (χ0v) is 9.52. The quantitative estimate of drug-likeness (QED) is 0.670. The highest BCUT2D eigenvalue weighted by atomic mass is 16.3. The Morgan fingerprint density at radius 3 is 2.60 bits per heavy atom. The molecule has 1 aromatic heterocycles. The van der Waals surface area contributed by atoms with Crippen LogP contribution in [-0.4, -0.2) is 19.9 Å². The van der Waals surface area contributed by atoms with Gasteiger partial charge in [0.15, 0.2) is 5.82 Å². The van der Waals surface area contributed by atoms with E-state index in [1.807, 2.05) is 4.68 Å². The van der Waals surface area contributed by atoms with Crippen molar-refractivity contribution in [3.63, 3.8) is 0 Å². The molecule has 0 aliphatic heterocycles. The Balaban J connectivity index is 2.04. The van der Waals surface area contributed by atoms with Crippen LogP contribution in [0, 0.1) is 0 Å². The number of hydrogen-bond donors (Lipinski definition) is 1. The Labute approximate surface area is 91.3 Å². The summed E-state index contributed by atoms with van der Waals surface area (Å²) < 4.78 is 1.81. The van der Waals surface area contributed by atoms with E-state index < -0.39 is 0 Å². The summed E-state index contributed by atoms with van der Waals surface area (Å²) in [5.41, 5.74) is 0. The van der Waals surface area contributed by atoms with E-state index in [9.17, 15) is 0 Å². The lowest BCUT2D eigenvalue weighted by atomic mass is 10.1. The zero-order chi connectivity index (χ0) is 10.9. The van der Waals surface area contributed by atoms with Crippen molar-refractivity contribution in [3.8, 4) is 0 Å². The van der Waals surface area contributed by atoms with E-state index in [0.29, 0.717) is 5.82 Å². The second kappa shape index (κ2) is 7.40. The van der Waals surface area contributed by atoms with Gasteiger partial charge in [0.25, 0.3) is 0 Å². The molecular weight excluding hydrogens is 190 g/mol. The lowest BCUT2D eigenvalue weighted by molar-refractivity contribution is 0.270. The molecule has 0 unspecified atom stereocenters. The molecule has 1 heterocycles. The minimum Gasteiger partial charge on any atom is -0.388 e. The van der Waals surface area contributed by atoms with Gasteiger partial charge in [-0.25, -0.2) is 4.98 Å². The molecule has 0 spiro atoms. The molecule has 0 saturated heterocycles. The molecule has 0 bridgehead atoms. The number of aliphatic hydroxyl groups is 1. The first-order chi connectivity index (χ1) is 7.36. The number of aliphatic hydroxyl groups excluding tert-OH is 1. The number of rotatable bonds is 8. The minimum absolute atomic E-state index is 0.0660. The highest BCUT2D eigenvalue weighted by Crippen LogP contribution is 2.05. The molecular formula is C11H21N3O. The number of aromatic nitrogens is 3. The number of aryl methyl sites for hydroxylation is 1. The van der Waals surface area contributed by atoms with Gasteiger partial charge in [-0.2, -0.15) is 5.10 Å². The van der Waals surface area contributed by atoms with Crippen molar-refractivity contribution in [1.29, 1.82) is 0 Å². The largest absolute Gasteiger partial charge is 0.388 e. The average molecular weight is 211 g/mol. The summed E-state index contributed by atoms with van der Waals surface area (Å²) in [5, 5.41) is 12.9. The van der Waals surface area contributed by atoms with Crippen molar-refractivity contribution >= 4 is 0 Å². The van der Waals surface area contributed by atoms with Crippen molar-refractivity contribution in [3.05, 3.63) is 12.2 Å². The highest BCUT2D eigenvalue weighted by molar-refractivity contribution is 4.77. The third-order valence-electron chi connectivity index (χ3n) is 2.47. The van der Waals surface area contributed by atoms with Crippen LogP contribution in [0.4, 0.5) is 0 Å². The van der Waals surface area contributed by atoms with E-state index in [2.05, 4.69) is 17.0 Å². The van der Waals surface area contributed by atoms with E-state index in [1.54, 1.807) is 6.33 Å². The SMILES string of the molecule is CCCCCCCCn1cnc(CO)n1. The van der Waals surface area contributed by atoms with Crippen LogP contribution in [0.3, 0.4) is 0 Å².